The normalized spacial score (nSPS) is 29.7. The van der Waals surface area contributed by atoms with Gasteiger partial charge in [-0.2, -0.15) is 0 Å². The van der Waals surface area contributed by atoms with E-state index in [1.54, 1.807) is 0 Å². The number of nitrogens with one attached hydrogen (secondary N) is 1. The maximum atomic E-state index is 12.2. The van der Waals surface area contributed by atoms with Crippen molar-refractivity contribution in [2.75, 3.05) is 13.7 Å². The summed E-state index contributed by atoms with van der Waals surface area (Å²) in [5.41, 5.74) is -0.247. The van der Waals surface area contributed by atoms with E-state index >= 15 is 0 Å². The lowest BCUT2D eigenvalue weighted by molar-refractivity contribution is -0.149. The van der Waals surface area contributed by atoms with Crippen LogP contribution in [0.4, 0.5) is 4.79 Å². The van der Waals surface area contributed by atoms with Crippen molar-refractivity contribution in [1.29, 1.82) is 0 Å². The SMILES string of the molecule is COC(=O)[C@]1(NC(=O)OCc2ccccc2)C[C@@H]1[C@H]1COC(C)(C)O1. The summed E-state index contributed by atoms with van der Waals surface area (Å²) < 4.78 is 21.5. The minimum Gasteiger partial charge on any atom is -0.467 e. The Morgan fingerprint density at radius 3 is 2.60 bits per heavy atom. The molecule has 1 saturated heterocycles. The highest BCUT2D eigenvalue weighted by Gasteiger charge is 2.67. The van der Waals surface area contributed by atoms with Gasteiger partial charge in [0.2, 0.25) is 0 Å². The molecule has 136 valence electrons. The minimum absolute atomic E-state index is 0.130. The fourth-order valence-corrected chi connectivity index (χ4v) is 3.20. The van der Waals surface area contributed by atoms with Gasteiger partial charge in [0.1, 0.15) is 12.1 Å². The third-order valence-electron chi connectivity index (χ3n) is 4.58. The topological polar surface area (TPSA) is 83.1 Å². The molecule has 7 heteroatoms. The average molecular weight is 349 g/mol. The summed E-state index contributed by atoms with van der Waals surface area (Å²) in [6, 6.07) is 9.32. The van der Waals surface area contributed by atoms with E-state index in [2.05, 4.69) is 5.32 Å². The summed E-state index contributed by atoms with van der Waals surface area (Å²) in [7, 11) is 1.30. The van der Waals surface area contributed by atoms with E-state index in [9.17, 15) is 9.59 Å². The summed E-state index contributed by atoms with van der Waals surface area (Å²) in [4.78, 5) is 24.4. The Balaban J connectivity index is 1.61. The fourth-order valence-electron chi connectivity index (χ4n) is 3.20. The van der Waals surface area contributed by atoms with E-state index in [0.717, 1.165) is 5.56 Å². The lowest BCUT2D eigenvalue weighted by Crippen LogP contribution is -2.47. The second kappa shape index (κ2) is 6.65. The highest BCUT2D eigenvalue weighted by Crippen LogP contribution is 2.50. The molecule has 25 heavy (non-hydrogen) atoms. The molecular weight excluding hydrogens is 326 g/mol. The molecule has 1 aliphatic heterocycles. The zero-order valence-corrected chi connectivity index (χ0v) is 14.6. The quantitative estimate of drug-likeness (QED) is 0.819. The van der Waals surface area contributed by atoms with Crippen LogP contribution in [0, 0.1) is 5.92 Å². The zero-order valence-electron chi connectivity index (χ0n) is 14.6. The van der Waals surface area contributed by atoms with E-state index in [4.69, 9.17) is 18.9 Å². The Bertz CT molecular complexity index is 646. The number of carbonyl (C=O) groups is 2. The summed E-state index contributed by atoms with van der Waals surface area (Å²) >= 11 is 0. The number of hydrogen-bond acceptors (Lipinski definition) is 6. The van der Waals surface area contributed by atoms with Crippen molar-refractivity contribution < 1.29 is 28.5 Å². The zero-order chi connectivity index (χ0) is 18.1. The number of benzene rings is 1. The summed E-state index contributed by atoms with van der Waals surface area (Å²) in [6.07, 6.45) is -0.497. The molecule has 2 aliphatic rings. The smallest absolute Gasteiger partial charge is 0.408 e. The predicted molar refractivity (Wildman–Crippen MR) is 87.5 cm³/mol. The number of carbonyl (C=O) groups excluding carboxylic acids is 2. The number of esters is 1. The van der Waals surface area contributed by atoms with Gasteiger partial charge in [0.25, 0.3) is 0 Å². The predicted octanol–water partition coefficient (Wildman–Crippen LogP) is 2.00. The van der Waals surface area contributed by atoms with Crippen LogP contribution in [0.5, 0.6) is 0 Å². The number of hydrogen-bond donors (Lipinski definition) is 1. The Morgan fingerprint density at radius 1 is 1.28 bits per heavy atom. The van der Waals surface area contributed by atoms with Crippen LogP contribution in [-0.2, 0) is 30.3 Å². The van der Waals surface area contributed by atoms with Crippen LogP contribution in [0.25, 0.3) is 0 Å². The van der Waals surface area contributed by atoms with Crippen LogP contribution in [0.15, 0.2) is 30.3 Å². The highest BCUT2D eigenvalue weighted by molar-refractivity contribution is 5.89. The Morgan fingerprint density at radius 2 is 2.00 bits per heavy atom. The van der Waals surface area contributed by atoms with Crippen molar-refractivity contribution in [3.63, 3.8) is 0 Å². The average Bonchev–Trinajstić information content (AvgIpc) is 3.20. The van der Waals surface area contributed by atoms with Crippen molar-refractivity contribution in [2.45, 2.75) is 44.3 Å². The van der Waals surface area contributed by atoms with Crippen molar-refractivity contribution in [2.24, 2.45) is 5.92 Å². The lowest BCUT2D eigenvalue weighted by Gasteiger charge is -2.20. The van der Waals surface area contributed by atoms with Crippen LogP contribution in [0.3, 0.4) is 0 Å². The van der Waals surface area contributed by atoms with E-state index in [1.165, 1.54) is 7.11 Å². The molecule has 0 bridgehead atoms. The number of alkyl carbamates (subject to hydrolysis) is 1. The second-order valence-electron chi connectivity index (χ2n) is 6.83. The van der Waals surface area contributed by atoms with Crippen molar-refractivity contribution >= 4 is 12.1 Å². The molecular formula is C18H23NO6. The molecule has 7 nitrogen and oxygen atoms in total. The third kappa shape index (κ3) is 3.77. The first-order chi connectivity index (χ1) is 11.9. The van der Waals surface area contributed by atoms with Gasteiger partial charge in [-0.1, -0.05) is 30.3 Å². The first kappa shape index (κ1) is 17.7. The molecule has 1 heterocycles. The third-order valence-corrected chi connectivity index (χ3v) is 4.58. The number of rotatable bonds is 5. The van der Waals surface area contributed by atoms with Crippen LogP contribution < -0.4 is 5.32 Å². The van der Waals surface area contributed by atoms with Gasteiger partial charge in [-0.25, -0.2) is 9.59 Å². The molecule has 1 amide bonds. The highest BCUT2D eigenvalue weighted by atomic mass is 16.7. The lowest BCUT2D eigenvalue weighted by atomic mass is 10.1. The van der Waals surface area contributed by atoms with E-state index < -0.39 is 23.4 Å². The largest absolute Gasteiger partial charge is 0.467 e. The molecule has 3 atom stereocenters. The van der Waals surface area contributed by atoms with Gasteiger partial charge in [0, 0.05) is 5.92 Å². The molecule has 1 aromatic rings. The van der Waals surface area contributed by atoms with Gasteiger partial charge in [0.15, 0.2) is 5.79 Å². The van der Waals surface area contributed by atoms with Gasteiger partial charge < -0.3 is 24.3 Å². The number of methoxy groups -OCH3 is 1. The molecule has 1 aromatic carbocycles. The van der Waals surface area contributed by atoms with Gasteiger partial charge in [-0.15, -0.1) is 0 Å². The molecule has 2 fully saturated rings. The van der Waals surface area contributed by atoms with Crippen LogP contribution >= 0.6 is 0 Å². The second-order valence-corrected chi connectivity index (χ2v) is 6.83. The minimum atomic E-state index is -1.11. The maximum absolute atomic E-state index is 12.2. The molecule has 1 N–H and O–H groups in total. The van der Waals surface area contributed by atoms with Crippen molar-refractivity contribution in [3.8, 4) is 0 Å². The summed E-state index contributed by atoms with van der Waals surface area (Å²) in [6.45, 7) is 4.13. The summed E-state index contributed by atoms with van der Waals surface area (Å²) in [5, 5.41) is 2.67. The molecule has 0 spiro atoms. The van der Waals surface area contributed by atoms with E-state index in [-0.39, 0.29) is 18.6 Å². The molecule has 1 aliphatic carbocycles. The van der Waals surface area contributed by atoms with Crippen molar-refractivity contribution in [1.82, 2.24) is 5.32 Å². The first-order valence-electron chi connectivity index (χ1n) is 8.25. The van der Waals surface area contributed by atoms with Crippen LogP contribution in [0.2, 0.25) is 0 Å². The van der Waals surface area contributed by atoms with Gasteiger partial charge in [-0.05, 0) is 25.8 Å². The Kier molecular flexibility index (Phi) is 4.71. The molecule has 0 unspecified atom stereocenters. The van der Waals surface area contributed by atoms with Gasteiger partial charge in [0.05, 0.1) is 19.8 Å². The molecule has 0 aromatic heterocycles. The Labute approximate surface area is 146 Å². The number of ether oxygens (including phenoxy) is 4. The first-order valence-corrected chi connectivity index (χ1v) is 8.25. The van der Waals surface area contributed by atoms with E-state index in [0.29, 0.717) is 13.0 Å². The number of amides is 1. The van der Waals surface area contributed by atoms with Crippen LogP contribution in [0.1, 0.15) is 25.8 Å². The monoisotopic (exact) mass is 349 g/mol. The summed E-state index contributed by atoms with van der Waals surface area (Å²) in [5.74, 6) is -1.39. The van der Waals surface area contributed by atoms with Gasteiger partial charge in [-0.3, -0.25) is 0 Å². The van der Waals surface area contributed by atoms with Crippen molar-refractivity contribution in [3.05, 3.63) is 35.9 Å². The van der Waals surface area contributed by atoms with Crippen LogP contribution in [-0.4, -0.2) is 43.2 Å². The van der Waals surface area contributed by atoms with E-state index in [1.807, 2.05) is 44.2 Å². The molecule has 0 radical (unpaired) electrons. The Hall–Kier alpha value is -2.12. The molecule has 1 saturated carbocycles. The molecule has 3 rings (SSSR count). The fraction of sp³-hybridized carbons (Fsp3) is 0.556. The maximum Gasteiger partial charge on any atom is 0.408 e. The van der Waals surface area contributed by atoms with Gasteiger partial charge >= 0.3 is 12.1 Å². The standard InChI is InChI=1S/C18H23NO6/c1-17(2)24-11-14(25-17)13-9-18(13,15(20)22-3)19-16(21)23-10-12-7-5-4-6-8-12/h4-8,13-14H,9-11H2,1-3H3,(H,19,21)/t13-,14-,18+/m1/s1.